The van der Waals surface area contributed by atoms with Gasteiger partial charge in [0, 0.05) is 18.7 Å². The molecule has 0 aliphatic carbocycles. The lowest BCUT2D eigenvalue weighted by Gasteiger charge is -2.07. The van der Waals surface area contributed by atoms with Gasteiger partial charge >= 0.3 is 5.97 Å². The molecule has 0 fully saturated rings. The summed E-state index contributed by atoms with van der Waals surface area (Å²) in [6.45, 7) is 4.09. The number of methoxy groups -OCH3 is 1. The third-order valence-corrected chi connectivity index (χ3v) is 4.33. The van der Waals surface area contributed by atoms with E-state index >= 15 is 0 Å². The maximum Gasteiger partial charge on any atom is 0.337 e. The number of nitrogens with zero attached hydrogens (tertiary/aromatic N) is 3. The van der Waals surface area contributed by atoms with Gasteiger partial charge in [0.25, 0.3) is 0 Å². The highest BCUT2D eigenvalue weighted by molar-refractivity contribution is 7.99. The van der Waals surface area contributed by atoms with Gasteiger partial charge in [-0.1, -0.05) is 25.6 Å². The molecule has 24 heavy (non-hydrogen) atoms. The summed E-state index contributed by atoms with van der Waals surface area (Å²) in [4.78, 5) is 23.4. The number of carbonyl (C=O) groups is 2. The first-order chi connectivity index (χ1) is 11.4. The number of thioether (sulfide) groups is 1. The van der Waals surface area contributed by atoms with E-state index in [-0.39, 0.29) is 17.6 Å². The van der Waals surface area contributed by atoms with Gasteiger partial charge in [-0.2, -0.15) is 0 Å². The average molecular weight is 348 g/mol. The largest absolute Gasteiger partial charge is 0.465 e. The fourth-order valence-corrected chi connectivity index (χ4v) is 2.81. The molecular formula is C16H20N4O3S. The highest BCUT2D eigenvalue weighted by Gasteiger charge is 2.13. The molecule has 1 N–H and O–H groups in total. The van der Waals surface area contributed by atoms with Gasteiger partial charge in [0.2, 0.25) is 5.91 Å². The van der Waals surface area contributed by atoms with Crippen molar-refractivity contribution in [3.8, 4) is 0 Å². The number of ether oxygens (including phenoxy) is 1. The SMILES string of the molecule is COC(=O)c1ccc(NC(=O)CSc2nnc(C(C)C)n2C)cc1. The van der Waals surface area contributed by atoms with Crippen LogP contribution in [-0.2, 0) is 16.6 Å². The van der Waals surface area contributed by atoms with E-state index in [0.717, 1.165) is 5.82 Å². The van der Waals surface area contributed by atoms with E-state index in [9.17, 15) is 9.59 Å². The fourth-order valence-electron chi connectivity index (χ4n) is 2.09. The minimum absolute atomic E-state index is 0.153. The Labute approximate surface area is 144 Å². The Morgan fingerprint density at radius 3 is 2.46 bits per heavy atom. The zero-order valence-electron chi connectivity index (χ0n) is 14.1. The Morgan fingerprint density at radius 1 is 1.25 bits per heavy atom. The average Bonchev–Trinajstić information content (AvgIpc) is 2.94. The van der Waals surface area contributed by atoms with E-state index in [1.165, 1.54) is 18.9 Å². The van der Waals surface area contributed by atoms with Crippen molar-refractivity contribution in [1.29, 1.82) is 0 Å². The summed E-state index contributed by atoms with van der Waals surface area (Å²) in [6, 6.07) is 6.53. The maximum absolute atomic E-state index is 12.0. The Morgan fingerprint density at radius 2 is 1.92 bits per heavy atom. The molecule has 8 heteroatoms. The smallest absolute Gasteiger partial charge is 0.337 e. The van der Waals surface area contributed by atoms with Crippen molar-refractivity contribution >= 4 is 29.3 Å². The van der Waals surface area contributed by atoms with Crippen LogP contribution >= 0.6 is 11.8 Å². The lowest BCUT2D eigenvalue weighted by atomic mass is 10.2. The number of anilines is 1. The van der Waals surface area contributed by atoms with Crippen LogP contribution in [0.3, 0.4) is 0 Å². The van der Waals surface area contributed by atoms with Crippen molar-refractivity contribution in [2.45, 2.75) is 24.9 Å². The van der Waals surface area contributed by atoms with Crippen LogP contribution in [0.25, 0.3) is 0 Å². The number of carbonyl (C=O) groups excluding carboxylic acids is 2. The molecular weight excluding hydrogens is 328 g/mol. The van der Waals surface area contributed by atoms with Crippen molar-refractivity contribution in [3.05, 3.63) is 35.7 Å². The topological polar surface area (TPSA) is 86.1 Å². The number of hydrogen-bond acceptors (Lipinski definition) is 6. The molecule has 1 heterocycles. The van der Waals surface area contributed by atoms with Crippen LogP contribution in [0.4, 0.5) is 5.69 Å². The van der Waals surface area contributed by atoms with Crippen LogP contribution in [0.1, 0.15) is 35.9 Å². The molecule has 0 unspecified atom stereocenters. The molecule has 128 valence electrons. The number of benzene rings is 1. The van der Waals surface area contributed by atoms with E-state index in [2.05, 4.69) is 20.3 Å². The van der Waals surface area contributed by atoms with Crippen LogP contribution in [0.2, 0.25) is 0 Å². The second kappa shape index (κ2) is 7.96. The molecule has 0 spiro atoms. The zero-order chi connectivity index (χ0) is 17.7. The van der Waals surface area contributed by atoms with Crippen molar-refractivity contribution < 1.29 is 14.3 Å². The quantitative estimate of drug-likeness (QED) is 0.637. The number of amides is 1. The number of nitrogens with one attached hydrogen (secondary N) is 1. The van der Waals surface area contributed by atoms with Crippen molar-refractivity contribution in [1.82, 2.24) is 14.8 Å². The van der Waals surface area contributed by atoms with E-state index < -0.39 is 5.97 Å². The molecule has 1 aromatic carbocycles. The van der Waals surface area contributed by atoms with Crippen molar-refractivity contribution in [2.75, 3.05) is 18.2 Å². The summed E-state index contributed by atoms with van der Waals surface area (Å²) in [6.07, 6.45) is 0. The molecule has 0 aliphatic heterocycles. The molecule has 0 radical (unpaired) electrons. The summed E-state index contributed by atoms with van der Waals surface area (Å²) in [5.74, 6) is 0.824. The first kappa shape index (κ1) is 18.0. The highest BCUT2D eigenvalue weighted by atomic mass is 32.2. The summed E-state index contributed by atoms with van der Waals surface area (Å²) in [7, 11) is 3.22. The third kappa shape index (κ3) is 4.35. The van der Waals surface area contributed by atoms with E-state index in [1.807, 2.05) is 25.5 Å². The molecule has 0 saturated carbocycles. The Bertz CT molecular complexity index is 725. The first-order valence-corrected chi connectivity index (χ1v) is 8.41. The Kier molecular flexibility index (Phi) is 5.97. The predicted molar refractivity (Wildman–Crippen MR) is 92.2 cm³/mol. The highest BCUT2D eigenvalue weighted by Crippen LogP contribution is 2.20. The van der Waals surface area contributed by atoms with Gasteiger partial charge in [-0.3, -0.25) is 4.79 Å². The molecule has 0 atom stereocenters. The Hall–Kier alpha value is -2.35. The normalized spacial score (nSPS) is 10.7. The summed E-state index contributed by atoms with van der Waals surface area (Å²) >= 11 is 1.33. The second-order valence-electron chi connectivity index (χ2n) is 5.46. The second-order valence-corrected chi connectivity index (χ2v) is 6.40. The van der Waals surface area contributed by atoms with Gasteiger partial charge in [0.05, 0.1) is 18.4 Å². The number of hydrogen-bond donors (Lipinski definition) is 1. The summed E-state index contributed by atoms with van der Waals surface area (Å²) < 4.78 is 6.53. The minimum atomic E-state index is -0.410. The van der Waals surface area contributed by atoms with Gasteiger partial charge in [-0.05, 0) is 24.3 Å². The number of aromatic nitrogens is 3. The van der Waals surface area contributed by atoms with Crippen LogP contribution in [0.15, 0.2) is 29.4 Å². The Balaban J connectivity index is 1.90. The minimum Gasteiger partial charge on any atom is -0.465 e. The molecule has 0 aliphatic rings. The summed E-state index contributed by atoms with van der Waals surface area (Å²) in [5, 5.41) is 11.7. The molecule has 2 aromatic rings. The fraction of sp³-hybridized carbons (Fsp3) is 0.375. The van der Waals surface area contributed by atoms with E-state index in [0.29, 0.717) is 16.4 Å². The third-order valence-electron chi connectivity index (χ3n) is 3.31. The number of esters is 1. The van der Waals surface area contributed by atoms with Crippen molar-refractivity contribution in [2.24, 2.45) is 7.05 Å². The van der Waals surface area contributed by atoms with Crippen LogP contribution in [0.5, 0.6) is 0 Å². The van der Waals surface area contributed by atoms with E-state index in [4.69, 9.17) is 0 Å². The lowest BCUT2D eigenvalue weighted by molar-refractivity contribution is -0.113. The standard InChI is InChI=1S/C16H20N4O3S/c1-10(2)14-18-19-16(20(14)3)24-9-13(21)17-12-7-5-11(6-8-12)15(22)23-4/h5-8,10H,9H2,1-4H3,(H,17,21). The molecule has 7 nitrogen and oxygen atoms in total. The maximum atomic E-state index is 12.0. The van der Waals surface area contributed by atoms with Crippen molar-refractivity contribution in [3.63, 3.8) is 0 Å². The van der Waals surface area contributed by atoms with Gasteiger partial charge in [-0.15, -0.1) is 10.2 Å². The van der Waals surface area contributed by atoms with Gasteiger partial charge in [-0.25, -0.2) is 4.79 Å². The van der Waals surface area contributed by atoms with E-state index in [1.54, 1.807) is 24.3 Å². The van der Waals surface area contributed by atoms with Crippen LogP contribution in [0, 0.1) is 0 Å². The summed E-state index contributed by atoms with van der Waals surface area (Å²) in [5.41, 5.74) is 1.05. The molecule has 0 saturated heterocycles. The molecule has 1 aromatic heterocycles. The molecule has 0 bridgehead atoms. The van der Waals surface area contributed by atoms with Crippen LogP contribution < -0.4 is 5.32 Å². The van der Waals surface area contributed by atoms with Gasteiger partial charge in [0.15, 0.2) is 5.16 Å². The van der Waals surface area contributed by atoms with Gasteiger partial charge < -0.3 is 14.6 Å². The molecule has 2 rings (SSSR count). The van der Waals surface area contributed by atoms with Crippen LogP contribution in [-0.4, -0.2) is 39.5 Å². The number of rotatable bonds is 6. The first-order valence-electron chi connectivity index (χ1n) is 7.42. The molecule has 1 amide bonds. The lowest BCUT2D eigenvalue weighted by Crippen LogP contribution is -2.14. The van der Waals surface area contributed by atoms with Gasteiger partial charge in [0.1, 0.15) is 5.82 Å². The zero-order valence-corrected chi connectivity index (χ0v) is 14.9. The predicted octanol–water partition coefficient (Wildman–Crippen LogP) is 2.46. The monoisotopic (exact) mass is 348 g/mol.